The van der Waals surface area contributed by atoms with Crippen molar-refractivity contribution < 1.29 is 9.47 Å². The second-order valence-corrected chi connectivity index (χ2v) is 7.39. The molecule has 8 nitrogen and oxygen atoms in total. The Morgan fingerprint density at radius 1 is 1.14 bits per heavy atom. The van der Waals surface area contributed by atoms with E-state index in [0.717, 1.165) is 42.3 Å². The molecule has 4 rings (SSSR count). The lowest BCUT2D eigenvalue weighted by atomic mass is 9.92. The number of ether oxygens (including phenoxy) is 2. The molecule has 3 aromatic rings. The molecule has 1 saturated carbocycles. The van der Waals surface area contributed by atoms with Crippen LogP contribution in [0.5, 0.6) is 5.88 Å². The summed E-state index contributed by atoms with van der Waals surface area (Å²) >= 11 is 0. The van der Waals surface area contributed by atoms with E-state index < -0.39 is 0 Å². The molecule has 2 N–H and O–H groups in total. The fraction of sp³-hybridized carbons (Fsp3) is 0.429. The zero-order chi connectivity index (χ0) is 20.5. The number of hydrogen-bond acceptors (Lipinski definition) is 7. The molecule has 0 spiro atoms. The first-order valence-electron chi connectivity index (χ1n) is 9.74. The maximum absolute atomic E-state index is 13.6. The Labute approximate surface area is 168 Å². The number of anilines is 1. The molecule has 0 saturated heterocycles. The Hall–Kier alpha value is -3.00. The number of methoxy groups -OCH3 is 2. The molecular weight excluding hydrogens is 370 g/mol. The molecule has 29 heavy (non-hydrogen) atoms. The molecule has 0 amide bonds. The van der Waals surface area contributed by atoms with Crippen LogP contribution in [-0.4, -0.2) is 39.8 Å². The van der Waals surface area contributed by atoms with Crippen LogP contribution in [0.3, 0.4) is 0 Å². The van der Waals surface area contributed by atoms with Crippen LogP contribution >= 0.6 is 0 Å². The van der Waals surface area contributed by atoms with Crippen molar-refractivity contribution in [2.45, 2.75) is 44.8 Å². The van der Waals surface area contributed by atoms with Gasteiger partial charge in [-0.05, 0) is 44.7 Å². The Kier molecular flexibility index (Phi) is 5.19. The smallest absolute Gasteiger partial charge is 0.260 e. The quantitative estimate of drug-likeness (QED) is 0.724. The molecule has 0 radical (unpaired) electrons. The summed E-state index contributed by atoms with van der Waals surface area (Å²) in [6.45, 7) is 1.88. The molecule has 1 fully saturated rings. The SMILES string of the molecule is COc1ccc(-c2cc3c(C)nc(N)nc3n(C3CCC(OC)CC3)c2=O)cn1. The van der Waals surface area contributed by atoms with Crippen LogP contribution in [0, 0.1) is 6.92 Å². The van der Waals surface area contributed by atoms with Gasteiger partial charge in [0.15, 0.2) is 0 Å². The first-order valence-corrected chi connectivity index (χ1v) is 9.74. The van der Waals surface area contributed by atoms with Gasteiger partial charge >= 0.3 is 0 Å². The van der Waals surface area contributed by atoms with Crippen LogP contribution in [0.25, 0.3) is 22.2 Å². The van der Waals surface area contributed by atoms with Gasteiger partial charge in [-0.15, -0.1) is 0 Å². The summed E-state index contributed by atoms with van der Waals surface area (Å²) in [4.78, 5) is 26.6. The van der Waals surface area contributed by atoms with Crippen LogP contribution in [0.4, 0.5) is 5.95 Å². The third-order valence-electron chi connectivity index (χ3n) is 5.70. The van der Waals surface area contributed by atoms with Crippen molar-refractivity contribution in [3.8, 4) is 17.0 Å². The zero-order valence-corrected chi connectivity index (χ0v) is 16.9. The van der Waals surface area contributed by atoms with E-state index in [1.807, 2.05) is 19.1 Å². The molecule has 0 aromatic carbocycles. The van der Waals surface area contributed by atoms with Crippen molar-refractivity contribution in [3.05, 3.63) is 40.4 Å². The number of fused-ring (bicyclic) bond motifs is 1. The van der Waals surface area contributed by atoms with E-state index in [0.29, 0.717) is 17.1 Å². The Morgan fingerprint density at radius 3 is 2.52 bits per heavy atom. The highest BCUT2D eigenvalue weighted by molar-refractivity contribution is 5.84. The summed E-state index contributed by atoms with van der Waals surface area (Å²) in [7, 11) is 3.30. The van der Waals surface area contributed by atoms with E-state index in [1.54, 1.807) is 31.0 Å². The molecule has 0 aliphatic heterocycles. The third-order valence-corrected chi connectivity index (χ3v) is 5.70. The monoisotopic (exact) mass is 395 g/mol. The second kappa shape index (κ2) is 7.79. The van der Waals surface area contributed by atoms with E-state index in [-0.39, 0.29) is 23.7 Å². The minimum atomic E-state index is -0.0946. The van der Waals surface area contributed by atoms with Crippen LogP contribution in [-0.2, 0) is 4.74 Å². The molecule has 0 unspecified atom stereocenters. The van der Waals surface area contributed by atoms with Crippen molar-refractivity contribution in [1.82, 2.24) is 19.5 Å². The van der Waals surface area contributed by atoms with Gasteiger partial charge in [0.2, 0.25) is 11.8 Å². The largest absolute Gasteiger partial charge is 0.481 e. The van der Waals surface area contributed by atoms with Gasteiger partial charge in [0, 0.05) is 41.9 Å². The summed E-state index contributed by atoms with van der Waals surface area (Å²) in [6, 6.07) is 5.47. The van der Waals surface area contributed by atoms with E-state index in [2.05, 4.69) is 15.0 Å². The van der Waals surface area contributed by atoms with Gasteiger partial charge in [-0.3, -0.25) is 9.36 Å². The summed E-state index contributed by atoms with van der Waals surface area (Å²) in [6.07, 6.45) is 5.40. The zero-order valence-electron chi connectivity index (χ0n) is 16.9. The van der Waals surface area contributed by atoms with Crippen LogP contribution in [0.15, 0.2) is 29.2 Å². The number of nitrogen functional groups attached to an aromatic ring is 1. The maximum Gasteiger partial charge on any atom is 0.260 e. The van der Waals surface area contributed by atoms with Gasteiger partial charge in [-0.25, -0.2) is 9.97 Å². The number of nitrogens with zero attached hydrogens (tertiary/aromatic N) is 4. The molecule has 3 aromatic heterocycles. The van der Waals surface area contributed by atoms with Crippen LogP contribution in [0.1, 0.15) is 37.4 Å². The summed E-state index contributed by atoms with van der Waals surface area (Å²) < 4.78 is 12.4. The van der Waals surface area contributed by atoms with Gasteiger partial charge in [0.25, 0.3) is 5.56 Å². The lowest BCUT2D eigenvalue weighted by Crippen LogP contribution is -2.31. The highest BCUT2D eigenvalue weighted by Crippen LogP contribution is 2.32. The van der Waals surface area contributed by atoms with E-state index in [1.165, 1.54) is 0 Å². The summed E-state index contributed by atoms with van der Waals surface area (Å²) in [5.41, 5.74) is 8.45. The number of aromatic nitrogens is 4. The summed E-state index contributed by atoms with van der Waals surface area (Å²) in [5.74, 6) is 0.674. The molecule has 0 bridgehead atoms. The Bertz CT molecular complexity index is 1090. The van der Waals surface area contributed by atoms with Crippen molar-refractivity contribution in [2.24, 2.45) is 0 Å². The lowest BCUT2D eigenvalue weighted by molar-refractivity contribution is 0.0585. The topological polar surface area (TPSA) is 105 Å². The van der Waals surface area contributed by atoms with E-state index in [9.17, 15) is 4.79 Å². The molecule has 8 heteroatoms. The average Bonchev–Trinajstić information content (AvgIpc) is 2.74. The minimum Gasteiger partial charge on any atom is -0.481 e. The van der Waals surface area contributed by atoms with E-state index in [4.69, 9.17) is 15.2 Å². The van der Waals surface area contributed by atoms with Gasteiger partial charge in [-0.2, -0.15) is 4.98 Å². The van der Waals surface area contributed by atoms with Crippen molar-refractivity contribution in [3.63, 3.8) is 0 Å². The summed E-state index contributed by atoms with van der Waals surface area (Å²) in [5, 5.41) is 0.818. The van der Waals surface area contributed by atoms with Crippen molar-refractivity contribution in [1.29, 1.82) is 0 Å². The van der Waals surface area contributed by atoms with Crippen molar-refractivity contribution in [2.75, 3.05) is 20.0 Å². The number of rotatable bonds is 4. The number of aryl methyl sites for hydroxylation is 1. The molecule has 3 heterocycles. The van der Waals surface area contributed by atoms with Gasteiger partial charge in [-0.1, -0.05) is 0 Å². The minimum absolute atomic E-state index is 0.0382. The number of nitrogens with two attached hydrogens (primary N) is 1. The Balaban J connectivity index is 1.92. The first kappa shape index (κ1) is 19.3. The molecular formula is C21H25N5O3. The lowest BCUT2D eigenvalue weighted by Gasteiger charge is -2.30. The average molecular weight is 395 g/mol. The fourth-order valence-electron chi connectivity index (χ4n) is 4.12. The van der Waals surface area contributed by atoms with E-state index >= 15 is 0 Å². The molecule has 0 atom stereocenters. The Morgan fingerprint density at radius 2 is 1.90 bits per heavy atom. The van der Waals surface area contributed by atoms with Crippen LogP contribution < -0.4 is 16.0 Å². The third kappa shape index (κ3) is 3.55. The highest BCUT2D eigenvalue weighted by Gasteiger charge is 2.26. The molecule has 1 aliphatic rings. The normalized spacial score (nSPS) is 19.4. The molecule has 152 valence electrons. The van der Waals surface area contributed by atoms with Gasteiger partial charge in [0.05, 0.1) is 18.9 Å². The molecule has 1 aliphatic carbocycles. The standard InChI is InChI=1S/C21H25N5O3/c1-12-16-10-17(13-4-9-18(29-3)23-11-13)20(27)26(19(16)25-21(22)24-12)14-5-7-15(28-2)8-6-14/h4,9-11,14-15H,5-8H2,1-3H3,(H2,22,24,25). The fourth-order valence-corrected chi connectivity index (χ4v) is 4.12. The number of pyridine rings is 2. The maximum atomic E-state index is 13.6. The second-order valence-electron chi connectivity index (χ2n) is 7.39. The predicted octanol–water partition coefficient (Wildman–Crippen LogP) is 2.88. The highest BCUT2D eigenvalue weighted by atomic mass is 16.5. The predicted molar refractivity (Wildman–Crippen MR) is 111 cm³/mol. The van der Waals surface area contributed by atoms with Gasteiger partial charge < -0.3 is 15.2 Å². The van der Waals surface area contributed by atoms with Gasteiger partial charge in [0.1, 0.15) is 5.65 Å². The van der Waals surface area contributed by atoms with Crippen molar-refractivity contribution >= 4 is 17.0 Å². The van der Waals surface area contributed by atoms with Crippen LogP contribution in [0.2, 0.25) is 0 Å². The first-order chi connectivity index (χ1) is 14.0. The number of hydrogen-bond donors (Lipinski definition) is 1.